The Morgan fingerprint density at radius 3 is 2.62 bits per heavy atom. The Morgan fingerprint density at radius 1 is 1.62 bits per heavy atom. The van der Waals surface area contributed by atoms with E-state index in [4.69, 9.17) is 27.9 Å². The highest BCUT2D eigenvalue weighted by Gasteiger charge is 2.33. The van der Waals surface area contributed by atoms with Crippen LogP contribution in [0.4, 0.5) is 0 Å². The van der Waals surface area contributed by atoms with Crippen LogP contribution in [0, 0.1) is 0 Å². The quantitative estimate of drug-likeness (QED) is 0.657. The van der Waals surface area contributed by atoms with Gasteiger partial charge in [0.15, 0.2) is 4.33 Å². The number of hydrogen-bond acceptors (Lipinski definition) is 3. The molecule has 13 heavy (non-hydrogen) atoms. The molecule has 0 spiro atoms. The van der Waals surface area contributed by atoms with Gasteiger partial charge in [0.2, 0.25) is 0 Å². The summed E-state index contributed by atoms with van der Waals surface area (Å²) in [4.78, 5) is 11.2. The third kappa shape index (κ3) is 2.98. The second-order valence-electron chi connectivity index (χ2n) is 3.07. The van der Waals surface area contributed by atoms with Crippen LogP contribution in [0.15, 0.2) is 0 Å². The zero-order valence-corrected chi connectivity index (χ0v) is 8.60. The number of halogens is 2. The van der Waals surface area contributed by atoms with E-state index < -0.39 is 22.4 Å². The Bertz CT molecular complexity index is 204. The second kappa shape index (κ2) is 4.00. The lowest BCUT2D eigenvalue weighted by Gasteiger charge is -2.19. The number of alkyl halides is 2. The van der Waals surface area contributed by atoms with Crippen LogP contribution in [0.3, 0.4) is 0 Å². The molecule has 4 nitrogen and oxygen atoms in total. The van der Waals surface area contributed by atoms with Gasteiger partial charge in [-0.15, -0.1) is 0 Å². The van der Waals surface area contributed by atoms with Gasteiger partial charge in [0, 0.05) is 0 Å². The fraction of sp³-hybridized carbons (Fsp3) is 0.857. The third-order valence-electron chi connectivity index (χ3n) is 1.77. The van der Waals surface area contributed by atoms with E-state index in [1.165, 1.54) is 6.92 Å². The van der Waals surface area contributed by atoms with Crippen molar-refractivity contribution in [3.8, 4) is 0 Å². The maximum Gasteiger partial charge on any atom is 0.256 e. The van der Waals surface area contributed by atoms with Crippen LogP contribution in [0.1, 0.15) is 6.92 Å². The van der Waals surface area contributed by atoms with Crippen molar-refractivity contribution in [2.24, 2.45) is 0 Å². The molecule has 1 aliphatic heterocycles. The van der Waals surface area contributed by atoms with E-state index in [-0.39, 0.29) is 13.2 Å². The normalized spacial score (nSPS) is 28.9. The molecule has 0 aromatic heterocycles. The van der Waals surface area contributed by atoms with Crippen LogP contribution in [0.5, 0.6) is 0 Å². The molecule has 0 aliphatic carbocycles. The molecule has 1 heterocycles. The lowest BCUT2D eigenvalue weighted by molar-refractivity contribution is -0.122. The minimum atomic E-state index is -1.47. The van der Waals surface area contributed by atoms with E-state index in [0.717, 1.165) is 0 Å². The van der Waals surface area contributed by atoms with Gasteiger partial charge in [-0.25, -0.2) is 0 Å². The van der Waals surface area contributed by atoms with E-state index in [1.54, 1.807) is 0 Å². The van der Waals surface area contributed by atoms with Crippen molar-refractivity contribution in [2.45, 2.75) is 23.4 Å². The van der Waals surface area contributed by atoms with Crippen molar-refractivity contribution >= 4 is 29.1 Å². The molecular formula is C7H11Cl2NO3. The van der Waals surface area contributed by atoms with Crippen LogP contribution in [-0.2, 0) is 9.53 Å². The monoisotopic (exact) mass is 227 g/mol. The number of rotatable bonds is 2. The number of aliphatic hydroxyl groups excluding tert-OH is 1. The van der Waals surface area contributed by atoms with Crippen molar-refractivity contribution in [3.63, 3.8) is 0 Å². The van der Waals surface area contributed by atoms with E-state index in [1.807, 2.05) is 0 Å². The summed E-state index contributed by atoms with van der Waals surface area (Å²) in [5.41, 5.74) is 0. The number of hydrogen-bond donors (Lipinski definition) is 2. The van der Waals surface area contributed by atoms with Crippen LogP contribution >= 0.6 is 23.2 Å². The Kier molecular flexibility index (Phi) is 3.40. The lowest BCUT2D eigenvalue weighted by atomic mass is 10.2. The van der Waals surface area contributed by atoms with Gasteiger partial charge in [0.25, 0.3) is 5.91 Å². The summed E-state index contributed by atoms with van der Waals surface area (Å²) < 4.78 is 3.46. The summed E-state index contributed by atoms with van der Waals surface area (Å²) in [5.74, 6) is -0.523. The Morgan fingerprint density at radius 2 is 2.23 bits per heavy atom. The molecule has 0 radical (unpaired) electrons. The zero-order valence-electron chi connectivity index (χ0n) is 7.09. The third-order valence-corrected chi connectivity index (χ3v) is 2.11. The zero-order chi connectivity index (χ0) is 10.1. The van der Waals surface area contributed by atoms with Gasteiger partial charge in [-0.3, -0.25) is 4.79 Å². The fourth-order valence-corrected chi connectivity index (χ4v) is 1.09. The average Bonchev–Trinajstić information content (AvgIpc) is 2.34. The van der Waals surface area contributed by atoms with Crippen molar-refractivity contribution in [3.05, 3.63) is 0 Å². The topological polar surface area (TPSA) is 58.6 Å². The number of amides is 1. The Labute approximate surface area is 86.1 Å². The number of nitrogens with one attached hydrogen (secondary N) is 1. The second-order valence-corrected chi connectivity index (χ2v) is 4.78. The van der Waals surface area contributed by atoms with Gasteiger partial charge in [0.05, 0.1) is 25.4 Å². The summed E-state index contributed by atoms with van der Waals surface area (Å²) >= 11 is 11.1. The smallest absolute Gasteiger partial charge is 0.256 e. The van der Waals surface area contributed by atoms with Gasteiger partial charge in [-0.1, -0.05) is 23.2 Å². The first-order chi connectivity index (χ1) is 5.91. The van der Waals surface area contributed by atoms with E-state index in [2.05, 4.69) is 5.32 Å². The summed E-state index contributed by atoms with van der Waals surface area (Å²) in [5, 5.41) is 11.8. The first-order valence-corrected chi connectivity index (χ1v) is 4.61. The van der Waals surface area contributed by atoms with E-state index >= 15 is 0 Å². The first kappa shape index (κ1) is 11.0. The molecule has 1 rings (SSSR count). The maximum absolute atomic E-state index is 11.2. The largest absolute Gasteiger partial charge is 0.388 e. The molecular weight excluding hydrogens is 217 g/mol. The van der Waals surface area contributed by atoms with Gasteiger partial charge in [-0.2, -0.15) is 0 Å². The molecule has 2 atom stereocenters. The highest BCUT2D eigenvalue weighted by atomic mass is 35.5. The number of carbonyl (C=O) groups excluding carboxylic acids is 1. The Hall–Kier alpha value is -0.0300. The van der Waals surface area contributed by atoms with Crippen molar-refractivity contribution in [1.29, 1.82) is 0 Å². The molecule has 1 fully saturated rings. The minimum absolute atomic E-state index is 0.228. The molecule has 1 aliphatic rings. The maximum atomic E-state index is 11.2. The predicted octanol–water partition coefficient (Wildman–Crippen LogP) is 0.0561. The molecule has 6 heteroatoms. The fourth-order valence-electron chi connectivity index (χ4n) is 0.976. The van der Waals surface area contributed by atoms with Gasteiger partial charge >= 0.3 is 0 Å². The Balaban J connectivity index is 2.45. The van der Waals surface area contributed by atoms with Crippen LogP contribution in [0.25, 0.3) is 0 Å². The van der Waals surface area contributed by atoms with Gasteiger partial charge in [0.1, 0.15) is 0 Å². The molecule has 0 aromatic rings. The van der Waals surface area contributed by atoms with Gasteiger partial charge in [-0.05, 0) is 6.92 Å². The average molecular weight is 228 g/mol. The van der Waals surface area contributed by atoms with Gasteiger partial charge < -0.3 is 15.2 Å². The predicted molar refractivity (Wildman–Crippen MR) is 48.9 cm³/mol. The highest BCUT2D eigenvalue weighted by molar-refractivity contribution is 6.57. The van der Waals surface area contributed by atoms with E-state index in [9.17, 15) is 9.90 Å². The number of aliphatic hydroxyl groups is 1. The molecule has 76 valence electrons. The standard InChI is InChI=1S/C7H11Cl2NO3/c1-7(8,9)6(12)10-4-2-13-3-5(4)11/h4-5,11H,2-3H2,1H3,(H,10,12). The van der Waals surface area contributed by atoms with Crippen LogP contribution in [0.2, 0.25) is 0 Å². The molecule has 2 N–H and O–H groups in total. The lowest BCUT2D eigenvalue weighted by Crippen LogP contribution is -2.47. The molecule has 1 saturated heterocycles. The SMILES string of the molecule is CC(Cl)(Cl)C(=O)NC1COCC1O. The molecule has 2 unspecified atom stereocenters. The van der Waals surface area contributed by atoms with Crippen molar-refractivity contribution in [2.75, 3.05) is 13.2 Å². The first-order valence-electron chi connectivity index (χ1n) is 3.86. The number of carbonyl (C=O) groups is 1. The van der Waals surface area contributed by atoms with Crippen molar-refractivity contribution in [1.82, 2.24) is 5.32 Å². The molecule has 1 amide bonds. The number of ether oxygens (including phenoxy) is 1. The van der Waals surface area contributed by atoms with E-state index in [0.29, 0.717) is 0 Å². The molecule has 0 saturated carbocycles. The summed E-state index contributed by atoms with van der Waals surface area (Å²) in [7, 11) is 0. The summed E-state index contributed by atoms with van der Waals surface area (Å²) in [6.45, 7) is 1.89. The molecule has 0 aromatic carbocycles. The van der Waals surface area contributed by atoms with Crippen LogP contribution < -0.4 is 5.32 Å². The summed E-state index contributed by atoms with van der Waals surface area (Å²) in [6, 6.07) is -0.413. The van der Waals surface area contributed by atoms with Crippen LogP contribution in [-0.4, -0.2) is 40.7 Å². The highest BCUT2D eigenvalue weighted by Crippen LogP contribution is 2.20. The minimum Gasteiger partial charge on any atom is -0.388 e. The van der Waals surface area contributed by atoms with Crippen molar-refractivity contribution < 1.29 is 14.6 Å². The summed E-state index contributed by atoms with van der Waals surface area (Å²) in [6.07, 6.45) is -0.681. The molecule has 0 bridgehead atoms.